The molecule has 0 bridgehead atoms. The molecule has 0 saturated carbocycles. The molecule has 0 unspecified atom stereocenters. The van der Waals surface area contributed by atoms with Crippen LogP contribution in [0, 0.1) is 0 Å². The summed E-state index contributed by atoms with van der Waals surface area (Å²) in [6.07, 6.45) is 6.93. The molecule has 3 rings (SSSR count). The Bertz CT molecular complexity index is 585. The van der Waals surface area contributed by atoms with Crippen LogP contribution in [0.5, 0.6) is 0 Å². The fourth-order valence-electron chi connectivity index (χ4n) is 1.90. The largest absolute Gasteiger partial charge is 0.330 e. The average molecular weight is 298 g/mol. The highest BCUT2D eigenvalue weighted by Crippen LogP contribution is 2.04. The van der Waals surface area contributed by atoms with E-state index in [2.05, 4.69) is 65.9 Å². The van der Waals surface area contributed by atoms with E-state index in [1.807, 2.05) is 0 Å². The number of benzene rings is 1. The van der Waals surface area contributed by atoms with Gasteiger partial charge in [0.15, 0.2) is 0 Å². The fourth-order valence-corrected chi connectivity index (χ4v) is 1.90. The minimum Gasteiger partial charge on any atom is -0.330 e. The van der Waals surface area contributed by atoms with Crippen LogP contribution in [0.15, 0.2) is 49.1 Å². The summed E-state index contributed by atoms with van der Waals surface area (Å²) >= 11 is 0. The van der Waals surface area contributed by atoms with Crippen LogP contribution in [0.4, 0.5) is 11.9 Å². The third-order valence-electron chi connectivity index (χ3n) is 3.02. The molecular weight excluding hydrogens is 280 g/mol. The number of anilines is 2. The van der Waals surface area contributed by atoms with E-state index in [9.17, 15) is 0 Å². The van der Waals surface area contributed by atoms with Gasteiger partial charge in [-0.1, -0.05) is 24.3 Å². The number of H-pyrrole nitrogens is 2. The van der Waals surface area contributed by atoms with Gasteiger partial charge in [-0.3, -0.25) is 10.9 Å². The Morgan fingerprint density at radius 1 is 0.727 bits per heavy atom. The fraction of sp³-hybridized carbons (Fsp3) is 0.143. The van der Waals surface area contributed by atoms with E-state index in [1.165, 1.54) is 11.1 Å². The molecule has 8 nitrogen and oxygen atoms in total. The van der Waals surface area contributed by atoms with Crippen molar-refractivity contribution in [2.45, 2.75) is 13.1 Å². The normalized spacial score (nSPS) is 10.5. The number of imidazole rings is 2. The summed E-state index contributed by atoms with van der Waals surface area (Å²) in [7, 11) is 0. The van der Waals surface area contributed by atoms with Gasteiger partial charge in [-0.25, -0.2) is 20.8 Å². The Morgan fingerprint density at radius 3 is 1.55 bits per heavy atom. The number of aromatic amines is 2. The first-order chi connectivity index (χ1) is 10.9. The first-order valence-corrected chi connectivity index (χ1v) is 6.94. The zero-order valence-electron chi connectivity index (χ0n) is 11.9. The van der Waals surface area contributed by atoms with E-state index in [0.717, 1.165) is 0 Å². The smallest absolute Gasteiger partial charge is 0.214 e. The van der Waals surface area contributed by atoms with Gasteiger partial charge < -0.3 is 9.97 Å². The van der Waals surface area contributed by atoms with Crippen LogP contribution in [0.1, 0.15) is 11.1 Å². The summed E-state index contributed by atoms with van der Waals surface area (Å²) in [5, 5.41) is 0. The standard InChI is InChI=1S/C14H18N8/c1-2-12(10-20-22-14-17-7-8-18-14)4-3-11(1)9-19-21-13-15-5-6-16-13/h1-8,19-20H,9-10H2,(H2,15,16,21)(H2,17,18,22). The van der Waals surface area contributed by atoms with E-state index in [-0.39, 0.29) is 0 Å². The number of hydrogen-bond donors (Lipinski definition) is 6. The molecule has 0 aliphatic rings. The average Bonchev–Trinajstić information content (AvgIpc) is 3.22. The van der Waals surface area contributed by atoms with Crippen molar-refractivity contribution in [3.63, 3.8) is 0 Å². The van der Waals surface area contributed by atoms with E-state index in [4.69, 9.17) is 0 Å². The summed E-state index contributed by atoms with van der Waals surface area (Å²) in [6.45, 7) is 1.41. The molecule has 1 aromatic carbocycles. The maximum atomic E-state index is 4.06. The molecule has 0 saturated heterocycles. The third-order valence-corrected chi connectivity index (χ3v) is 3.02. The molecule has 3 aromatic rings. The zero-order valence-corrected chi connectivity index (χ0v) is 11.9. The summed E-state index contributed by atoms with van der Waals surface area (Å²) in [5.41, 5.74) is 14.5. The van der Waals surface area contributed by atoms with Gasteiger partial charge in [0.1, 0.15) is 0 Å². The number of nitrogens with zero attached hydrogens (tertiary/aromatic N) is 2. The van der Waals surface area contributed by atoms with E-state index >= 15 is 0 Å². The first-order valence-electron chi connectivity index (χ1n) is 6.94. The maximum absolute atomic E-state index is 4.06. The van der Waals surface area contributed by atoms with Crippen LogP contribution >= 0.6 is 0 Å². The Morgan fingerprint density at radius 2 is 1.18 bits per heavy atom. The van der Waals surface area contributed by atoms with Gasteiger partial charge in [0, 0.05) is 37.9 Å². The van der Waals surface area contributed by atoms with Crippen molar-refractivity contribution in [3.8, 4) is 0 Å². The predicted octanol–water partition coefficient (Wildman–Crippen LogP) is 1.37. The van der Waals surface area contributed by atoms with E-state index in [1.54, 1.807) is 24.8 Å². The Kier molecular flexibility index (Phi) is 4.65. The highest BCUT2D eigenvalue weighted by molar-refractivity contribution is 5.25. The molecule has 0 aliphatic heterocycles. The molecule has 0 atom stereocenters. The molecule has 0 spiro atoms. The lowest BCUT2D eigenvalue weighted by Crippen LogP contribution is -2.22. The second kappa shape index (κ2) is 7.25. The van der Waals surface area contributed by atoms with Crippen molar-refractivity contribution < 1.29 is 0 Å². The van der Waals surface area contributed by atoms with Gasteiger partial charge in [-0.05, 0) is 11.1 Å². The molecular formula is C14H18N8. The van der Waals surface area contributed by atoms with Crippen molar-refractivity contribution in [1.82, 2.24) is 30.8 Å². The number of hydrogen-bond acceptors (Lipinski definition) is 6. The summed E-state index contributed by atoms with van der Waals surface area (Å²) in [4.78, 5) is 14.0. The van der Waals surface area contributed by atoms with E-state index in [0.29, 0.717) is 25.0 Å². The number of rotatable bonds is 8. The monoisotopic (exact) mass is 298 g/mol. The SMILES string of the molecule is c1c[nH]c(NNCc2ccc(CNNc3ncc[nH]3)cc2)n1. The molecule has 0 fully saturated rings. The quantitative estimate of drug-likeness (QED) is 0.351. The molecule has 0 aliphatic carbocycles. The van der Waals surface area contributed by atoms with Crippen LogP contribution in [0.2, 0.25) is 0 Å². The van der Waals surface area contributed by atoms with Crippen LogP contribution in [0.3, 0.4) is 0 Å². The molecule has 114 valence electrons. The molecule has 0 amide bonds. The molecule has 2 heterocycles. The Labute approximate surface area is 127 Å². The summed E-state index contributed by atoms with van der Waals surface area (Å²) < 4.78 is 0. The molecule has 22 heavy (non-hydrogen) atoms. The lowest BCUT2D eigenvalue weighted by Gasteiger charge is -2.08. The van der Waals surface area contributed by atoms with Crippen LogP contribution in [0.25, 0.3) is 0 Å². The van der Waals surface area contributed by atoms with Gasteiger partial charge in [0.05, 0.1) is 0 Å². The Hall–Kier alpha value is -2.84. The second-order valence-corrected chi connectivity index (χ2v) is 4.65. The number of hydrazine groups is 2. The van der Waals surface area contributed by atoms with Crippen molar-refractivity contribution >= 4 is 11.9 Å². The van der Waals surface area contributed by atoms with Gasteiger partial charge in [0.25, 0.3) is 0 Å². The van der Waals surface area contributed by atoms with Gasteiger partial charge in [-0.2, -0.15) is 0 Å². The predicted molar refractivity (Wildman–Crippen MR) is 84.5 cm³/mol. The summed E-state index contributed by atoms with van der Waals surface area (Å²) in [5.74, 6) is 1.40. The zero-order chi connectivity index (χ0) is 15.0. The lowest BCUT2D eigenvalue weighted by atomic mass is 10.1. The summed E-state index contributed by atoms with van der Waals surface area (Å²) in [6, 6.07) is 8.34. The van der Waals surface area contributed by atoms with Crippen molar-refractivity contribution in [1.29, 1.82) is 0 Å². The maximum Gasteiger partial charge on any atom is 0.214 e. The molecule has 0 radical (unpaired) electrons. The lowest BCUT2D eigenvalue weighted by molar-refractivity contribution is 0.778. The second-order valence-electron chi connectivity index (χ2n) is 4.65. The number of nitrogens with one attached hydrogen (secondary N) is 6. The van der Waals surface area contributed by atoms with Crippen LogP contribution < -0.4 is 21.7 Å². The topological polar surface area (TPSA) is 105 Å². The van der Waals surface area contributed by atoms with Crippen molar-refractivity contribution in [2.75, 3.05) is 10.9 Å². The first kappa shape index (κ1) is 14.1. The minimum atomic E-state index is 0.699. The molecule has 6 N–H and O–H groups in total. The highest BCUT2D eigenvalue weighted by Gasteiger charge is 1.97. The van der Waals surface area contributed by atoms with Gasteiger partial charge in [0.2, 0.25) is 11.9 Å². The highest BCUT2D eigenvalue weighted by atomic mass is 15.4. The van der Waals surface area contributed by atoms with Crippen molar-refractivity contribution in [2.24, 2.45) is 0 Å². The van der Waals surface area contributed by atoms with Gasteiger partial charge in [-0.15, -0.1) is 0 Å². The van der Waals surface area contributed by atoms with E-state index < -0.39 is 0 Å². The van der Waals surface area contributed by atoms with Crippen LogP contribution in [-0.4, -0.2) is 19.9 Å². The third kappa shape index (κ3) is 4.08. The van der Waals surface area contributed by atoms with Crippen LogP contribution in [-0.2, 0) is 13.1 Å². The van der Waals surface area contributed by atoms with Crippen molar-refractivity contribution in [3.05, 3.63) is 60.2 Å². The molecule has 8 heteroatoms. The number of aromatic nitrogens is 4. The minimum absolute atomic E-state index is 0.699. The Balaban J connectivity index is 1.39. The van der Waals surface area contributed by atoms with Gasteiger partial charge >= 0.3 is 0 Å². The molecule has 2 aromatic heterocycles.